The zero-order valence-corrected chi connectivity index (χ0v) is 15.5. The predicted octanol–water partition coefficient (Wildman–Crippen LogP) is 3.13. The van der Waals surface area contributed by atoms with Gasteiger partial charge in [0, 0.05) is 17.6 Å². The lowest BCUT2D eigenvalue weighted by Crippen LogP contribution is -2.44. The zero-order chi connectivity index (χ0) is 19.4. The lowest BCUT2D eigenvalue weighted by molar-refractivity contribution is -0.144. The van der Waals surface area contributed by atoms with Crippen molar-refractivity contribution in [2.45, 2.75) is 38.1 Å². The summed E-state index contributed by atoms with van der Waals surface area (Å²) in [5, 5.41) is 2.83. The Hall–Kier alpha value is -2.50. The van der Waals surface area contributed by atoms with Crippen LogP contribution in [0.3, 0.4) is 0 Å². The lowest BCUT2D eigenvalue weighted by Gasteiger charge is -2.33. The maximum atomic E-state index is 13.0. The molecule has 5 rings (SSSR count). The molecule has 3 aliphatic carbocycles. The molecule has 2 saturated carbocycles. The van der Waals surface area contributed by atoms with Crippen LogP contribution in [-0.2, 0) is 14.4 Å². The monoisotopic (exact) mass is 382 g/mol. The van der Waals surface area contributed by atoms with E-state index in [-0.39, 0.29) is 59.2 Å². The van der Waals surface area contributed by atoms with Gasteiger partial charge in [-0.05, 0) is 68.2 Å². The highest BCUT2D eigenvalue weighted by atomic mass is 19.1. The van der Waals surface area contributed by atoms with E-state index in [0.29, 0.717) is 31.4 Å². The van der Waals surface area contributed by atoms with Crippen LogP contribution >= 0.6 is 0 Å². The predicted molar refractivity (Wildman–Crippen MR) is 100 cm³/mol. The van der Waals surface area contributed by atoms with E-state index in [1.54, 1.807) is 12.1 Å². The molecule has 1 heterocycles. The van der Waals surface area contributed by atoms with E-state index in [2.05, 4.69) is 17.5 Å². The van der Waals surface area contributed by atoms with E-state index in [4.69, 9.17) is 0 Å². The van der Waals surface area contributed by atoms with Crippen LogP contribution in [0.2, 0.25) is 0 Å². The van der Waals surface area contributed by atoms with E-state index >= 15 is 0 Å². The summed E-state index contributed by atoms with van der Waals surface area (Å²) in [6.45, 7) is 0. The maximum absolute atomic E-state index is 13.0. The zero-order valence-electron chi connectivity index (χ0n) is 15.5. The number of carbonyl (C=O) groups is 3. The Kier molecular flexibility index (Phi) is 4.11. The van der Waals surface area contributed by atoms with Gasteiger partial charge in [-0.2, -0.15) is 0 Å². The molecule has 0 radical (unpaired) electrons. The average molecular weight is 382 g/mol. The molecule has 3 amide bonds. The summed E-state index contributed by atoms with van der Waals surface area (Å²) in [5.41, 5.74) is 0.578. The molecule has 3 fully saturated rings. The minimum Gasteiger partial charge on any atom is -0.326 e. The molecule has 4 aliphatic rings. The van der Waals surface area contributed by atoms with Gasteiger partial charge in [0.05, 0.1) is 11.8 Å². The van der Waals surface area contributed by atoms with Gasteiger partial charge >= 0.3 is 0 Å². The van der Waals surface area contributed by atoms with Crippen LogP contribution < -0.4 is 5.32 Å². The average Bonchev–Trinajstić information content (AvgIpc) is 3.38. The number of allylic oxidation sites excluding steroid dienone is 2. The van der Waals surface area contributed by atoms with Gasteiger partial charge in [0.1, 0.15) is 5.82 Å². The number of anilines is 1. The van der Waals surface area contributed by atoms with Crippen molar-refractivity contribution in [1.29, 1.82) is 0 Å². The second kappa shape index (κ2) is 6.54. The summed E-state index contributed by atoms with van der Waals surface area (Å²) in [7, 11) is 0. The van der Waals surface area contributed by atoms with E-state index in [9.17, 15) is 18.8 Å². The number of rotatable bonds is 3. The van der Waals surface area contributed by atoms with Gasteiger partial charge in [-0.3, -0.25) is 19.3 Å². The first-order valence-corrected chi connectivity index (χ1v) is 10.1. The molecule has 146 valence electrons. The first-order chi connectivity index (χ1) is 13.5. The highest BCUT2D eigenvalue weighted by molar-refractivity contribution is 6.06. The van der Waals surface area contributed by atoms with Crippen LogP contribution in [0, 0.1) is 35.4 Å². The van der Waals surface area contributed by atoms with Crippen molar-refractivity contribution in [1.82, 2.24) is 4.90 Å². The van der Waals surface area contributed by atoms with Gasteiger partial charge in [0.2, 0.25) is 17.7 Å². The normalized spacial score (nSPS) is 36.1. The first-order valence-electron chi connectivity index (χ1n) is 10.1. The largest absolute Gasteiger partial charge is 0.326 e. The van der Waals surface area contributed by atoms with Crippen LogP contribution in [0.15, 0.2) is 36.4 Å². The number of benzene rings is 1. The molecule has 0 unspecified atom stereocenters. The molecule has 0 spiro atoms. The van der Waals surface area contributed by atoms with Gasteiger partial charge < -0.3 is 5.32 Å². The summed E-state index contributed by atoms with van der Waals surface area (Å²) in [6.07, 6.45) is 7.79. The number of carbonyl (C=O) groups excluding carboxylic acids is 3. The Morgan fingerprint density at radius 2 is 1.50 bits per heavy atom. The Balaban J connectivity index is 1.21. The molecule has 6 heteroatoms. The van der Waals surface area contributed by atoms with Gasteiger partial charge in [-0.1, -0.05) is 12.2 Å². The van der Waals surface area contributed by atoms with Crippen LogP contribution in [0.1, 0.15) is 32.1 Å². The fourth-order valence-corrected chi connectivity index (χ4v) is 5.66. The number of fused-ring (bicyclic) bond motifs is 5. The molecule has 1 saturated heterocycles. The van der Waals surface area contributed by atoms with Crippen LogP contribution in [-0.4, -0.2) is 28.7 Å². The van der Waals surface area contributed by atoms with Crippen LogP contribution in [0.5, 0.6) is 0 Å². The van der Waals surface area contributed by atoms with E-state index in [1.165, 1.54) is 17.0 Å². The third-order valence-electron chi connectivity index (χ3n) is 7.05. The number of imide groups is 1. The molecule has 28 heavy (non-hydrogen) atoms. The number of hydrogen-bond donors (Lipinski definition) is 1. The number of nitrogens with zero attached hydrogens (tertiary/aromatic N) is 1. The second-order valence-electron chi connectivity index (χ2n) is 8.55. The molecule has 1 aromatic carbocycles. The quantitative estimate of drug-likeness (QED) is 0.645. The summed E-state index contributed by atoms with van der Waals surface area (Å²) < 4.78 is 13.0. The van der Waals surface area contributed by atoms with Crippen molar-refractivity contribution in [3.8, 4) is 0 Å². The van der Waals surface area contributed by atoms with Crippen LogP contribution in [0.4, 0.5) is 10.1 Å². The molecule has 0 aromatic heterocycles. The van der Waals surface area contributed by atoms with Gasteiger partial charge in [0.15, 0.2) is 0 Å². The smallest absolute Gasteiger partial charge is 0.233 e. The number of hydrogen-bond acceptors (Lipinski definition) is 3. The van der Waals surface area contributed by atoms with E-state index < -0.39 is 0 Å². The molecule has 1 aromatic rings. The minimum atomic E-state index is -0.341. The van der Waals surface area contributed by atoms with E-state index in [1.807, 2.05) is 0 Å². The van der Waals surface area contributed by atoms with Crippen molar-refractivity contribution < 1.29 is 18.8 Å². The Morgan fingerprint density at radius 1 is 0.929 bits per heavy atom. The summed E-state index contributed by atoms with van der Waals surface area (Å²) in [6, 6.07) is 5.63. The molecular formula is C22H23FN2O3. The van der Waals surface area contributed by atoms with Crippen LogP contribution in [0.25, 0.3) is 0 Å². The van der Waals surface area contributed by atoms with Crippen molar-refractivity contribution in [2.24, 2.45) is 29.6 Å². The topological polar surface area (TPSA) is 66.5 Å². The Labute approximate surface area is 163 Å². The molecule has 2 bridgehead atoms. The van der Waals surface area contributed by atoms with E-state index in [0.717, 1.165) is 6.42 Å². The van der Waals surface area contributed by atoms with Crippen molar-refractivity contribution in [2.75, 3.05) is 5.32 Å². The third kappa shape index (κ3) is 2.69. The fraction of sp³-hybridized carbons (Fsp3) is 0.500. The fourth-order valence-electron chi connectivity index (χ4n) is 5.66. The van der Waals surface area contributed by atoms with Crippen molar-refractivity contribution in [3.05, 3.63) is 42.2 Å². The van der Waals surface area contributed by atoms with Gasteiger partial charge in [-0.25, -0.2) is 4.39 Å². The number of amides is 3. The standard InChI is InChI=1S/C22H23FN2O3/c23-15-5-7-16(8-6-15)24-20(26)12-3-9-17(10-4-12)25-21(27)18-13-1-2-14(11-13)19(18)22(25)28/h1-2,5-8,12-14,17-19H,3-4,9-11H2,(H,24,26)/t12?,13-,14-,17?,18-,19+/m1/s1. The molecule has 1 N–H and O–H groups in total. The summed E-state index contributed by atoms with van der Waals surface area (Å²) in [4.78, 5) is 39.9. The number of halogens is 1. The molecule has 4 atom stereocenters. The van der Waals surface area contributed by atoms with Gasteiger partial charge in [-0.15, -0.1) is 0 Å². The maximum Gasteiger partial charge on any atom is 0.233 e. The van der Waals surface area contributed by atoms with Crippen molar-refractivity contribution >= 4 is 23.4 Å². The lowest BCUT2D eigenvalue weighted by atomic mass is 9.84. The summed E-state index contributed by atoms with van der Waals surface area (Å²) >= 11 is 0. The highest BCUT2D eigenvalue weighted by Gasteiger charge is 2.60. The van der Waals surface area contributed by atoms with Gasteiger partial charge in [0.25, 0.3) is 0 Å². The Morgan fingerprint density at radius 3 is 2.07 bits per heavy atom. The Bertz CT molecular complexity index is 827. The molecule has 5 nitrogen and oxygen atoms in total. The van der Waals surface area contributed by atoms with Crippen molar-refractivity contribution in [3.63, 3.8) is 0 Å². The first kappa shape index (κ1) is 17.6. The highest BCUT2D eigenvalue weighted by Crippen LogP contribution is 2.53. The second-order valence-corrected chi connectivity index (χ2v) is 8.55. The number of likely N-dealkylation sites (tertiary alicyclic amines) is 1. The molecular weight excluding hydrogens is 359 g/mol. The third-order valence-corrected chi connectivity index (χ3v) is 7.05. The number of nitrogens with one attached hydrogen (secondary N) is 1. The SMILES string of the molecule is O=C(Nc1ccc(F)cc1)C1CCC(N2C(=O)[C@@H]3[C@H](C2=O)[C@@H]2C=C[C@@H]3C2)CC1. The molecule has 1 aliphatic heterocycles. The summed E-state index contributed by atoms with van der Waals surface area (Å²) in [5.74, 6) is -0.397. The minimum absolute atomic E-state index is 0.00561.